The van der Waals surface area contributed by atoms with Crippen molar-refractivity contribution in [2.75, 3.05) is 16.6 Å². The van der Waals surface area contributed by atoms with E-state index in [0.717, 1.165) is 12.1 Å². The fourth-order valence-corrected chi connectivity index (χ4v) is 5.50. The van der Waals surface area contributed by atoms with Crippen LogP contribution in [0.15, 0.2) is 47.5 Å². The highest BCUT2D eigenvalue weighted by molar-refractivity contribution is 7.92. The van der Waals surface area contributed by atoms with Crippen LogP contribution in [0.3, 0.4) is 0 Å². The summed E-state index contributed by atoms with van der Waals surface area (Å²) >= 11 is 0. The Labute approximate surface area is 200 Å². The average Bonchev–Trinajstić information content (AvgIpc) is 3.41. The van der Waals surface area contributed by atoms with Crippen LogP contribution in [0.1, 0.15) is 12.5 Å². The molecule has 0 saturated heterocycles. The Hall–Kier alpha value is -3.73. The van der Waals surface area contributed by atoms with Crippen LogP contribution in [0.5, 0.6) is 11.5 Å². The topological polar surface area (TPSA) is 86.4 Å². The van der Waals surface area contributed by atoms with E-state index in [2.05, 4.69) is 5.10 Å². The van der Waals surface area contributed by atoms with E-state index < -0.39 is 21.7 Å². The van der Waals surface area contributed by atoms with Gasteiger partial charge in [0, 0.05) is 50.2 Å². The molecule has 0 unspecified atom stereocenters. The maximum Gasteiger partial charge on any atom is 0.261 e. The van der Waals surface area contributed by atoms with E-state index in [9.17, 15) is 22.0 Å². The molecule has 3 heterocycles. The molecule has 35 heavy (non-hydrogen) atoms. The predicted octanol–water partition coefficient (Wildman–Crippen LogP) is 3.72. The van der Waals surface area contributed by atoms with Gasteiger partial charge in [-0.15, -0.1) is 0 Å². The quantitative estimate of drug-likeness (QED) is 0.417. The largest absolute Gasteiger partial charge is 0.454 e. The van der Waals surface area contributed by atoms with Crippen LogP contribution in [0, 0.1) is 11.6 Å². The van der Waals surface area contributed by atoms with Crippen molar-refractivity contribution < 1.29 is 21.9 Å². The van der Waals surface area contributed by atoms with E-state index in [1.807, 2.05) is 0 Å². The minimum Gasteiger partial charge on any atom is -0.454 e. The second-order valence-corrected chi connectivity index (χ2v) is 10.6. The molecule has 8 nitrogen and oxygen atoms in total. The zero-order valence-electron chi connectivity index (χ0n) is 19.2. The number of aromatic nitrogens is 3. The van der Waals surface area contributed by atoms with Gasteiger partial charge < -0.3 is 9.30 Å². The van der Waals surface area contributed by atoms with Gasteiger partial charge in [0.25, 0.3) is 5.56 Å². The Morgan fingerprint density at radius 2 is 1.83 bits per heavy atom. The summed E-state index contributed by atoms with van der Waals surface area (Å²) in [5.41, 5.74) is 2.27. The molecule has 0 amide bonds. The van der Waals surface area contributed by atoms with E-state index in [0.29, 0.717) is 39.7 Å². The number of anilines is 1. The molecule has 0 bridgehead atoms. The summed E-state index contributed by atoms with van der Waals surface area (Å²) in [6.45, 7) is 1.85. The van der Waals surface area contributed by atoms with Gasteiger partial charge in [-0.2, -0.15) is 5.10 Å². The Balaban J connectivity index is 1.79. The van der Waals surface area contributed by atoms with E-state index in [-0.39, 0.29) is 29.4 Å². The highest BCUT2D eigenvalue weighted by Crippen LogP contribution is 2.43. The van der Waals surface area contributed by atoms with Crippen LogP contribution in [0.25, 0.3) is 22.0 Å². The summed E-state index contributed by atoms with van der Waals surface area (Å²) in [6.07, 6.45) is 3.63. The molecular formula is C24H22F2N4O4S. The molecule has 0 radical (unpaired) electrons. The first-order valence-electron chi connectivity index (χ1n) is 10.9. The fraction of sp³-hybridized carbons (Fsp3) is 0.250. The first kappa shape index (κ1) is 23.0. The molecule has 5 rings (SSSR count). The van der Waals surface area contributed by atoms with Gasteiger partial charge in [-0.1, -0.05) is 0 Å². The molecule has 182 valence electrons. The Bertz CT molecular complexity index is 1660. The number of sulfonamides is 1. The lowest BCUT2D eigenvalue weighted by atomic mass is 10.0. The van der Waals surface area contributed by atoms with Crippen molar-refractivity contribution in [3.8, 4) is 22.6 Å². The van der Waals surface area contributed by atoms with Gasteiger partial charge in [-0.3, -0.25) is 13.8 Å². The van der Waals surface area contributed by atoms with Gasteiger partial charge in [-0.05, 0) is 43.2 Å². The number of hydrogen-bond acceptors (Lipinski definition) is 5. The molecule has 0 atom stereocenters. The smallest absolute Gasteiger partial charge is 0.261 e. The summed E-state index contributed by atoms with van der Waals surface area (Å²) in [7, 11) is -0.247. The van der Waals surface area contributed by atoms with Gasteiger partial charge in [-0.25, -0.2) is 17.2 Å². The third kappa shape index (κ3) is 3.85. The van der Waals surface area contributed by atoms with E-state index >= 15 is 0 Å². The molecule has 0 saturated carbocycles. The Morgan fingerprint density at radius 1 is 1.06 bits per heavy atom. The van der Waals surface area contributed by atoms with Crippen LogP contribution in [0.2, 0.25) is 0 Å². The summed E-state index contributed by atoms with van der Waals surface area (Å²) in [5, 5.41) is 4.80. The SMILES string of the molecule is CCS(=O)(=O)N1CCc2cc(Oc3ccc(F)cc3F)c(-c3cn(C)c(=O)c4cn(C)nc34)cc21. The second kappa shape index (κ2) is 8.19. The number of hydrogen-bond donors (Lipinski definition) is 0. The van der Waals surface area contributed by atoms with Gasteiger partial charge >= 0.3 is 0 Å². The molecule has 0 N–H and O–H groups in total. The van der Waals surface area contributed by atoms with Gasteiger partial charge in [0.15, 0.2) is 11.6 Å². The first-order valence-corrected chi connectivity index (χ1v) is 12.5. The molecular weight excluding hydrogens is 478 g/mol. The number of nitrogens with zero attached hydrogens (tertiary/aromatic N) is 4. The molecule has 0 fully saturated rings. The van der Waals surface area contributed by atoms with Crippen molar-refractivity contribution in [3.63, 3.8) is 0 Å². The number of aryl methyl sites for hydroxylation is 2. The molecule has 0 aliphatic carbocycles. The Morgan fingerprint density at radius 3 is 2.54 bits per heavy atom. The number of rotatable bonds is 5. The van der Waals surface area contributed by atoms with Gasteiger partial charge in [0.05, 0.1) is 16.8 Å². The van der Waals surface area contributed by atoms with E-state index in [4.69, 9.17) is 4.74 Å². The van der Waals surface area contributed by atoms with Crippen molar-refractivity contribution in [2.45, 2.75) is 13.3 Å². The molecule has 1 aliphatic heterocycles. The van der Waals surface area contributed by atoms with E-state index in [1.54, 1.807) is 45.5 Å². The van der Waals surface area contributed by atoms with Crippen molar-refractivity contribution in [1.29, 1.82) is 0 Å². The number of fused-ring (bicyclic) bond motifs is 2. The zero-order chi connectivity index (χ0) is 25.1. The number of halogens is 2. The lowest BCUT2D eigenvalue weighted by Gasteiger charge is -2.21. The van der Waals surface area contributed by atoms with Crippen LogP contribution < -0.4 is 14.6 Å². The normalized spacial score (nSPS) is 13.5. The second-order valence-electron chi connectivity index (χ2n) is 8.40. The molecule has 2 aromatic carbocycles. The van der Waals surface area contributed by atoms with Crippen LogP contribution in [0.4, 0.5) is 14.5 Å². The van der Waals surface area contributed by atoms with Crippen molar-refractivity contribution in [1.82, 2.24) is 14.3 Å². The predicted molar refractivity (Wildman–Crippen MR) is 128 cm³/mol. The third-order valence-corrected chi connectivity index (χ3v) is 7.88. The maximum atomic E-state index is 14.5. The molecule has 2 aromatic heterocycles. The number of ether oxygens (including phenoxy) is 1. The fourth-order valence-electron chi connectivity index (χ4n) is 4.35. The molecule has 1 aliphatic rings. The summed E-state index contributed by atoms with van der Waals surface area (Å²) in [5.74, 6) is -1.64. The van der Waals surface area contributed by atoms with Crippen molar-refractivity contribution >= 4 is 26.6 Å². The van der Waals surface area contributed by atoms with Crippen LogP contribution >= 0.6 is 0 Å². The lowest BCUT2D eigenvalue weighted by Crippen LogP contribution is -2.30. The van der Waals surface area contributed by atoms with Crippen molar-refractivity contribution in [2.24, 2.45) is 14.1 Å². The van der Waals surface area contributed by atoms with E-state index in [1.165, 1.54) is 19.6 Å². The highest BCUT2D eigenvalue weighted by Gasteiger charge is 2.31. The van der Waals surface area contributed by atoms with Crippen LogP contribution in [-0.4, -0.2) is 35.1 Å². The molecule has 11 heteroatoms. The number of benzene rings is 2. The minimum atomic E-state index is -3.53. The van der Waals surface area contributed by atoms with Crippen molar-refractivity contribution in [3.05, 3.63) is 70.3 Å². The Kier molecular flexibility index (Phi) is 5.39. The highest BCUT2D eigenvalue weighted by atomic mass is 32.2. The lowest BCUT2D eigenvalue weighted by molar-refractivity contribution is 0.439. The maximum absolute atomic E-state index is 14.5. The minimum absolute atomic E-state index is 0.0643. The standard InChI is InChI=1S/C24H22F2N4O4S/c1-4-35(32,33)30-8-7-14-9-22(34-21-6-5-15(25)10-19(21)26)16(11-20(14)30)17-12-28(2)24(31)18-13-29(3)27-23(17)18/h5-6,9-13H,4,7-8H2,1-3H3. The third-order valence-electron chi connectivity index (χ3n) is 6.10. The molecule has 0 spiro atoms. The average molecular weight is 501 g/mol. The summed E-state index contributed by atoms with van der Waals surface area (Å²) < 4.78 is 63.6. The van der Waals surface area contributed by atoms with Gasteiger partial charge in [0.1, 0.15) is 17.1 Å². The summed E-state index contributed by atoms with van der Waals surface area (Å²) in [6, 6.07) is 6.33. The molecule has 4 aromatic rings. The number of pyridine rings is 1. The monoisotopic (exact) mass is 500 g/mol. The van der Waals surface area contributed by atoms with Crippen LogP contribution in [-0.2, 0) is 30.5 Å². The van der Waals surface area contributed by atoms with Gasteiger partial charge in [0.2, 0.25) is 10.0 Å². The zero-order valence-corrected chi connectivity index (χ0v) is 20.1. The first-order chi connectivity index (χ1) is 16.6. The summed E-state index contributed by atoms with van der Waals surface area (Å²) in [4.78, 5) is 12.7.